The van der Waals surface area contributed by atoms with E-state index >= 15 is 0 Å². The summed E-state index contributed by atoms with van der Waals surface area (Å²) in [6.45, 7) is 0.571. The van der Waals surface area contributed by atoms with Crippen molar-refractivity contribution in [2.24, 2.45) is 0 Å². The highest BCUT2D eigenvalue weighted by atomic mass is 32.1. The molecule has 1 N–H and O–H groups in total. The smallest absolute Gasteiger partial charge is 0.358 e. The van der Waals surface area contributed by atoms with Gasteiger partial charge in [-0.3, -0.25) is 4.98 Å². The predicted molar refractivity (Wildman–Crippen MR) is 78.2 cm³/mol. The second-order valence-electron chi connectivity index (χ2n) is 4.44. The summed E-state index contributed by atoms with van der Waals surface area (Å²) in [5.74, 6) is -1.09. The number of carboxylic acid groups (broad SMARTS) is 1. The van der Waals surface area contributed by atoms with E-state index in [-0.39, 0.29) is 5.69 Å². The van der Waals surface area contributed by atoms with Crippen LogP contribution in [0.4, 0.5) is 0 Å². The second kappa shape index (κ2) is 5.84. The minimum Gasteiger partial charge on any atom is -0.476 e. The molecule has 0 bridgehead atoms. The Kier molecular flexibility index (Phi) is 3.74. The SMILES string of the molecule is O=C(O)c1nnn(CCc2ccsc2)c1-c1cccnc1. The minimum absolute atomic E-state index is 0.0479. The van der Waals surface area contributed by atoms with E-state index in [1.807, 2.05) is 11.4 Å². The van der Waals surface area contributed by atoms with Gasteiger partial charge >= 0.3 is 5.97 Å². The summed E-state index contributed by atoms with van der Waals surface area (Å²) in [7, 11) is 0. The zero-order valence-corrected chi connectivity index (χ0v) is 11.8. The molecule has 3 rings (SSSR count). The molecule has 3 heterocycles. The van der Waals surface area contributed by atoms with E-state index < -0.39 is 5.97 Å². The number of carboxylic acids is 1. The fraction of sp³-hybridized carbons (Fsp3) is 0.143. The Hall–Kier alpha value is -2.54. The van der Waals surface area contributed by atoms with Gasteiger partial charge in [-0.25, -0.2) is 9.48 Å². The van der Waals surface area contributed by atoms with Crippen LogP contribution in [0.25, 0.3) is 11.3 Å². The average molecular weight is 300 g/mol. The molecule has 0 aliphatic rings. The van der Waals surface area contributed by atoms with E-state index in [1.54, 1.807) is 40.5 Å². The summed E-state index contributed by atoms with van der Waals surface area (Å²) in [5.41, 5.74) is 2.34. The van der Waals surface area contributed by atoms with Crippen molar-refractivity contribution >= 4 is 17.3 Å². The van der Waals surface area contributed by atoms with Crippen molar-refractivity contribution < 1.29 is 9.90 Å². The third-order valence-electron chi connectivity index (χ3n) is 3.07. The predicted octanol–water partition coefficient (Wildman–Crippen LogP) is 2.34. The molecule has 106 valence electrons. The number of aryl methyl sites for hydroxylation is 2. The number of thiophene rings is 1. The molecular weight excluding hydrogens is 288 g/mol. The quantitative estimate of drug-likeness (QED) is 0.782. The lowest BCUT2D eigenvalue weighted by Gasteiger charge is -2.06. The molecule has 0 spiro atoms. The van der Waals surface area contributed by atoms with Crippen LogP contribution >= 0.6 is 11.3 Å². The summed E-state index contributed by atoms with van der Waals surface area (Å²) < 4.78 is 1.62. The van der Waals surface area contributed by atoms with E-state index in [0.717, 1.165) is 6.42 Å². The van der Waals surface area contributed by atoms with Crippen molar-refractivity contribution in [3.8, 4) is 11.3 Å². The standard InChI is InChI=1S/C14H12N4O2S/c19-14(20)12-13(11-2-1-5-15-8-11)18(17-16-12)6-3-10-4-7-21-9-10/h1-2,4-5,7-9H,3,6H2,(H,19,20). The highest BCUT2D eigenvalue weighted by molar-refractivity contribution is 7.07. The molecule has 0 aromatic carbocycles. The zero-order valence-electron chi connectivity index (χ0n) is 11.0. The average Bonchev–Trinajstić information content (AvgIpc) is 3.15. The van der Waals surface area contributed by atoms with Crippen LogP contribution in [-0.2, 0) is 13.0 Å². The number of aromatic carboxylic acids is 1. The maximum atomic E-state index is 11.3. The first-order valence-electron chi connectivity index (χ1n) is 6.34. The van der Waals surface area contributed by atoms with Gasteiger partial charge in [0.25, 0.3) is 0 Å². The molecule has 3 aromatic rings. The molecular formula is C14H12N4O2S. The van der Waals surface area contributed by atoms with Gasteiger partial charge in [0, 0.05) is 24.5 Å². The van der Waals surface area contributed by atoms with E-state index in [1.165, 1.54) is 5.56 Å². The Bertz CT molecular complexity index is 738. The van der Waals surface area contributed by atoms with Crippen LogP contribution in [0.3, 0.4) is 0 Å². The van der Waals surface area contributed by atoms with Gasteiger partial charge in [0.05, 0.1) is 0 Å². The van der Waals surface area contributed by atoms with E-state index in [4.69, 9.17) is 0 Å². The molecule has 0 radical (unpaired) electrons. The Morgan fingerprint density at radius 2 is 2.29 bits per heavy atom. The van der Waals surface area contributed by atoms with Crippen molar-refractivity contribution in [3.63, 3.8) is 0 Å². The number of carbonyl (C=O) groups is 1. The van der Waals surface area contributed by atoms with Gasteiger partial charge in [0.2, 0.25) is 0 Å². The van der Waals surface area contributed by atoms with Gasteiger partial charge in [-0.1, -0.05) is 5.21 Å². The molecule has 0 aliphatic heterocycles. The van der Waals surface area contributed by atoms with Crippen LogP contribution in [-0.4, -0.2) is 31.1 Å². The highest BCUT2D eigenvalue weighted by Crippen LogP contribution is 2.22. The van der Waals surface area contributed by atoms with Gasteiger partial charge in [0.1, 0.15) is 5.69 Å². The van der Waals surface area contributed by atoms with Gasteiger partial charge in [0.15, 0.2) is 5.69 Å². The normalized spacial score (nSPS) is 10.7. The van der Waals surface area contributed by atoms with Crippen LogP contribution in [0.1, 0.15) is 16.1 Å². The molecule has 0 atom stereocenters. The Labute approximate surface area is 124 Å². The topological polar surface area (TPSA) is 80.9 Å². The van der Waals surface area contributed by atoms with Gasteiger partial charge in [-0.2, -0.15) is 11.3 Å². The third kappa shape index (κ3) is 2.82. The molecule has 0 saturated carbocycles. The van der Waals surface area contributed by atoms with E-state index in [9.17, 15) is 9.90 Å². The van der Waals surface area contributed by atoms with Crippen molar-refractivity contribution in [2.45, 2.75) is 13.0 Å². The molecule has 7 heteroatoms. The van der Waals surface area contributed by atoms with Crippen molar-refractivity contribution in [1.82, 2.24) is 20.0 Å². The number of hydrogen-bond donors (Lipinski definition) is 1. The third-order valence-corrected chi connectivity index (χ3v) is 3.80. The first-order valence-corrected chi connectivity index (χ1v) is 7.28. The van der Waals surface area contributed by atoms with E-state index in [0.29, 0.717) is 17.8 Å². The molecule has 3 aromatic heterocycles. The lowest BCUT2D eigenvalue weighted by molar-refractivity contribution is 0.0691. The van der Waals surface area contributed by atoms with Gasteiger partial charge in [-0.05, 0) is 40.9 Å². The summed E-state index contributed by atoms with van der Waals surface area (Å²) in [5, 5.41) is 21.1. The van der Waals surface area contributed by atoms with Crippen LogP contribution in [0.5, 0.6) is 0 Å². The minimum atomic E-state index is -1.09. The largest absolute Gasteiger partial charge is 0.476 e. The van der Waals surface area contributed by atoms with Gasteiger partial charge in [-0.15, -0.1) is 5.10 Å². The molecule has 0 saturated heterocycles. The zero-order chi connectivity index (χ0) is 14.7. The maximum Gasteiger partial charge on any atom is 0.358 e. The molecule has 6 nitrogen and oxygen atoms in total. The molecule has 0 fully saturated rings. The lowest BCUT2D eigenvalue weighted by atomic mass is 10.1. The molecule has 0 aliphatic carbocycles. The molecule has 0 amide bonds. The van der Waals surface area contributed by atoms with Crippen LogP contribution in [0.2, 0.25) is 0 Å². The van der Waals surface area contributed by atoms with Crippen molar-refractivity contribution in [2.75, 3.05) is 0 Å². The number of nitrogens with zero attached hydrogens (tertiary/aromatic N) is 4. The second-order valence-corrected chi connectivity index (χ2v) is 5.22. The number of pyridine rings is 1. The molecule has 0 unspecified atom stereocenters. The Morgan fingerprint density at radius 3 is 2.95 bits per heavy atom. The fourth-order valence-electron chi connectivity index (χ4n) is 2.07. The summed E-state index contributed by atoms with van der Waals surface area (Å²) in [6.07, 6.45) is 4.04. The van der Waals surface area contributed by atoms with Crippen LogP contribution in [0.15, 0.2) is 41.4 Å². The Balaban J connectivity index is 1.95. The van der Waals surface area contributed by atoms with Crippen molar-refractivity contribution in [1.29, 1.82) is 0 Å². The first kappa shape index (κ1) is 13.4. The molecule has 21 heavy (non-hydrogen) atoms. The number of hydrogen-bond acceptors (Lipinski definition) is 5. The number of rotatable bonds is 5. The maximum absolute atomic E-state index is 11.3. The summed E-state index contributed by atoms with van der Waals surface area (Å²) in [4.78, 5) is 15.3. The monoisotopic (exact) mass is 300 g/mol. The van der Waals surface area contributed by atoms with Crippen LogP contribution < -0.4 is 0 Å². The fourth-order valence-corrected chi connectivity index (χ4v) is 2.78. The van der Waals surface area contributed by atoms with Crippen LogP contribution in [0, 0.1) is 0 Å². The Morgan fingerprint density at radius 1 is 1.38 bits per heavy atom. The summed E-state index contributed by atoms with van der Waals surface area (Å²) in [6, 6.07) is 5.61. The van der Waals surface area contributed by atoms with Crippen molar-refractivity contribution in [3.05, 3.63) is 52.6 Å². The highest BCUT2D eigenvalue weighted by Gasteiger charge is 2.20. The van der Waals surface area contributed by atoms with Gasteiger partial charge < -0.3 is 5.11 Å². The van der Waals surface area contributed by atoms with E-state index in [2.05, 4.69) is 20.7 Å². The first-order chi connectivity index (χ1) is 10.3. The lowest BCUT2D eigenvalue weighted by Crippen LogP contribution is -2.07. The number of aromatic nitrogens is 4. The summed E-state index contributed by atoms with van der Waals surface area (Å²) >= 11 is 1.64.